The summed E-state index contributed by atoms with van der Waals surface area (Å²) < 4.78 is 10.2. The number of methoxy groups -OCH3 is 1. The van der Waals surface area contributed by atoms with Gasteiger partial charge in [-0.2, -0.15) is 0 Å². The van der Waals surface area contributed by atoms with Crippen molar-refractivity contribution in [2.45, 2.75) is 38.3 Å². The molecule has 1 aromatic rings. The normalized spacial score (nSPS) is 18.6. The average molecular weight is 323 g/mol. The van der Waals surface area contributed by atoms with Crippen LogP contribution in [0.5, 0.6) is 0 Å². The Labute approximate surface area is 136 Å². The molecule has 3 N–H and O–H groups in total. The quantitative estimate of drug-likeness (QED) is 0.723. The lowest BCUT2D eigenvalue weighted by Gasteiger charge is -2.35. The smallest absolute Gasteiger partial charge is 0.373 e. The topological polar surface area (TPSA) is 97.8 Å². The molecule has 1 fully saturated rings. The summed E-state index contributed by atoms with van der Waals surface area (Å²) >= 11 is 0. The number of carbonyl (C=O) groups excluding carboxylic acids is 2. The van der Waals surface area contributed by atoms with Crippen molar-refractivity contribution in [3.05, 3.63) is 23.7 Å². The predicted octanol–water partition coefficient (Wildman–Crippen LogP) is 0.886. The standard InChI is InChI=1S/C16H25N3O4/c1-22-16(21)14-6-5-13(23-14)11-19-9-3-2-4-12(19)10-18-15(20)7-8-17/h5-6,12H,2-4,7-11,17H2,1H3,(H,18,20). The minimum absolute atomic E-state index is 0.0102. The zero-order valence-electron chi connectivity index (χ0n) is 13.5. The second-order valence-electron chi connectivity index (χ2n) is 5.72. The van der Waals surface area contributed by atoms with Crippen LogP contribution in [0.15, 0.2) is 16.5 Å². The SMILES string of the molecule is COC(=O)c1ccc(CN2CCCCC2CNC(=O)CCN)o1. The molecule has 1 aromatic heterocycles. The molecule has 1 atom stereocenters. The van der Waals surface area contributed by atoms with Gasteiger partial charge in [-0.25, -0.2) is 4.79 Å². The number of carbonyl (C=O) groups is 2. The molecule has 0 bridgehead atoms. The van der Waals surface area contributed by atoms with Gasteiger partial charge in [0.2, 0.25) is 11.7 Å². The molecule has 2 heterocycles. The Morgan fingerprint density at radius 3 is 3.00 bits per heavy atom. The van der Waals surface area contributed by atoms with Crippen LogP contribution in [0, 0.1) is 0 Å². The van der Waals surface area contributed by atoms with Crippen molar-refractivity contribution < 1.29 is 18.7 Å². The zero-order chi connectivity index (χ0) is 16.7. The summed E-state index contributed by atoms with van der Waals surface area (Å²) in [5.41, 5.74) is 5.38. The molecule has 1 unspecified atom stereocenters. The molecule has 0 radical (unpaired) electrons. The highest BCUT2D eigenvalue weighted by Gasteiger charge is 2.24. The second kappa shape index (κ2) is 8.69. The molecule has 1 aliphatic heterocycles. The van der Waals surface area contributed by atoms with Crippen LogP contribution < -0.4 is 11.1 Å². The van der Waals surface area contributed by atoms with Crippen molar-refractivity contribution in [1.82, 2.24) is 10.2 Å². The molecule has 0 aromatic carbocycles. The van der Waals surface area contributed by atoms with Crippen LogP contribution in [0.3, 0.4) is 0 Å². The number of rotatable bonds is 7. The molecule has 1 amide bonds. The number of nitrogens with two attached hydrogens (primary N) is 1. The number of amides is 1. The fourth-order valence-corrected chi connectivity index (χ4v) is 2.82. The number of likely N-dealkylation sites (tertiary alicyclic amines) is 1. The number of furan rings is 1. The van der Waals surface area contributed by atoms with E-state index in [1.807, 2.05) is 0 Å². The summed E-state index contributed by atoms with van der Waals surface area (Å²) in [6.07, 6.45) is 3.66. The number of hydrogen-bond acceptors (Lipinski definition) is 6. The third-order valence-electron chi connectivity index (χ3n) is 4.06. The van der Waals surface area contributed by atoms with Gasteiger partial charge in [-0.15, -0.1) is 0 Å². The van der Waals surface area contributed by atoms with Gasteiger partial charge in [0.05, 0.1) is 13.7 Å². The average Bonchev–Trinajstić information content (AvgIpc) is 3.02. The van der Waals surface area contributed by atoms with Gasteiger partial charge in [-0.1, -0.05) is 6.42 Å². The monoisotopic (exact) mass is 323 g/mol. The van der Waals surface area contributed by atoms with Crippen LogP contribution in [0.1, 0.15) is 42.0 Å². The molecule has 0 saturated carbocycles. The summed E-state index contributed by atoms with van der Waals surface area (Å²) in [5.74, 6) is 0.461. The van der Waals surface area contributed by atoms with Crippen molar-refractivity contribution in [1.29, 1.82) is 0 Å². The van der Waals surface area contributed by atoms with Crippen molar-refractivity contribution in [2.75, 3.05) is 26.7 Å². The Morgan fingerprint density at radius 2 is 2.26 bits per heavy atom. The van der Waals surface area contributed by atoms with Gasteiger partial charge in [0.1, 0.15) is 5.76 Å². The zero-order valence-corrected chi connectivity index (χ0v) is 13.5. The molecule has 0 aliphatic carbocycles. The Morgan fingerprint density at radius 1 is 1.43 bits per heavy atom. The number of piperidine rings is 1. The summed E-state index contributed by atoms with van der Waals surface area (Å²) in [6, 6.07) is 3.70. The minimum atomic E-state index is -0.472. The predicted molar refractivity (Wildman–Crippen MR) is 84.8 cm³/mol. The first-order valence-corrected chi connectivity index (χ1v) is 8.02. The summed E-state index contributed by atoms with van der Waals surface area (Å²) in [6.45, 7) is 2.55. The Kier molecular flexibility index (Phi) is 6.61. The summed E-state index contributed by atoms with van der Waals surface area (Å²) in [4.78, 5) is 25.3. The van der Waals surface area contributed by atoms with Crippen molar-refractivity contribution in [2.24, 2.45) is 5.73 Å². The Hall–Kier alpha value is -1.86. The number of nitrogens with one attached hydrogen (secondary N) is 1. The van der Waals surface area contributed by atoms with E-state index in [2.05, 4.69) is 15.0 Å². The van der Waals surface area contributed by atoms with Gasteiger partial charge in [0.25, 0.3) is 0 Å². The Bertz CT molecular complexity index is 529. The van der Waals surface area contributed by atoms with E-state index in [0.717, 1.165) is 31.6 Å². The lowest BCUT2D eigenvalue weighted by atomic mass is 10.0. The van der Waals surface area contributed by atoms with E-state index < -0.39 is 5.97 Å². The van der Waals surface area contributed by atoms with Crippen molar-refractivity contribution in [3.63, 3.8) is 0 Å². The minimum Gasteiger partial charge on any atom is -0.463 e. The van der Waals surface area contributed by atoms with Gasteiger partial charge < -0.3 is 20.2 Å². The molecule has 7 nitrogen and oxygen atoms in total. The molecule has 2 rings (SSSR count). The number of esters is 1. The molecule has 128 valence electrons. The van der Waals surface area contributed by atoms with Crippen molar-refractivity contribution in [3.8, 4) is 0 Å². The van der Waals surface area contributed by atoms with E-state index in [1.165, 1.54) is 7.11 Å². The van der Waals surface area contributed by atoms with Crippen molar-refractivity contribution >= 4 is 11.9 Å². The molecule has 1 aliphatic rings. The van der Waals surface area contributed by atoms with E-state index in [4.69, 9.17) is 10.2 Å². The van der Waals surface area contributed by atoms with E-state index in [0.29, 0.717) is 26.1 Å². The highest BCUT2D eigenvalue weighted by Crippen LogP contribution is 2.20. The molecular weight excluding hydrogens is 298 g/mol. The maximum atomic E-state index is 11.6. The van der Waals surface area contributed by atoms with Gasteiger partial charge in [-0.05, 0) is 31.5 Å². The second-order valence-corrected chi connectivity index (χ2v) is 5.72. The maximum absolute atomic E-state index is 11.6. The lowest BCUT2D eigenvalue weighted by Crippen LogP contribution is -2.46. The van der Waals surface area contributed by atoms with Crippen LogP contribution >= 0.6 is 0 Å². The number of ether oxygens (including phenoxy) is 1. The highest BCUT2D eigenvalue weighted by molar-refractivity contribution is 5.86. The molecule has 7 heteroatoms. The molecule has 1 saturated heterocycles. The van der Waals surface area contributed by atoms with E-state index in [-0.39, 0.29) is 17.7 Å². The Balaban J connectivity index is 1.91. The van der Waals surface area contributed by atoms with Crippen LogP contribution in [0.4, 0.5) is 0 Å². The van der Waals surface area contributed by atoms with Crippen LogP contribution in [-0.4, -0.2) is 49.6 Å². The number of hydrogen-bond donors (Lipinski definition) is 2. The molecule has 23 heavy (non-hydrogen) atoms. The summed E-state index contributed by atoms with van der Waals surface area (Å²) in [5, 5.41) is 2.94. The van der Waals surface area contributed by atoms with Crippen LogP contribution in [0.2, 0.25) is 0 Å². The first-order chi connectivity index (χ1) is 11.1. The van der Waals surface area contributed by atoms with Gasteiger partial charge in [-0.3, -0.25) is 9.69 Å². The first-order valence-electron chi connectivity index (χ1n) is 8.02. The molecule has 0 spiro atoms. The lowest BCUT2D eigenvalue weighted by molar-refractivity contribution is -0.121. The van der Waals surface area contributed by atoms with Crippen LogP contribution in [0.25, 0.3) is 0 Å². The largest absolute Gasteiger partial charge is 0.463 e. The van der Waals surface area contributed by atoms with E-state index in [1.54, 1.807) is 12.1 Å². The third kappa shape index (κ3) is 5.07. The maximum Gasteiger partial charge on any atom is 0.373 e. The highest BCUT2D eigenvalue weighted by atomic mass is 16.5. The van der Waals surface area contributed by atoms with Gasteiger partial charge >= 0.3 is 5.97 Å². The van der Waals surface area contributed by atoms with Gasteiger partial charge in [0, 0.05) is 25.6 Å². The van der Waals surface area contributed by atoms with Gasteiger partial charge in [0.15, 0.2) is 0 Å². The summed E-state index contributed by atoms with van der Waals surface area (Å²) in [7, 11) is 1.33. The third-order valence-corrected chi connectivity index (χ3v) is 4.06. The fraction of sp³-hybridized carbons (Fsp3) is 0.625. The van der Waals surface area contributed by atoms with E-state index >= 15 is 0 Å². The first kappa shape index (κ1) is 17.5. The number of nitrogens with zero attached hydrogens (tertiary/aromatic N) is 1. The molecular formula is C16H25N3O4. The fourth-order valence-electron chi connectivity index (χ4n) is 2.82. The van der Waals surface area contributed by atoms with Crippen LogP contribution in [-0.2, 0) is 16.1 Å². The van der Waals surface area contributed by atoms with E-state index in [9.17, 15) is 9.59 Å².